The predicted octanol–water partition coefficient (Wildman–Crippen LogP) is 2.15. The molecule has 1 aliphatic carbocycles. The number of aryl methyl sites for hydroxylation is 1. The van der Waals surface area contributed by atoms with Crippen molar-refractivity contribution in [1.82, 2.24) is 15.0 Å². The Hall–Kier alpha value is -2.76. The predicted molar refractivity (Wildman–Crippen MR) is 128 cm³/mol. The molecule has 2 aromatic heterocycles. The molecule has 1 saturated heterocycles. The maximum atomic E-state index is 12.8. The van der Waals surface area contributed by atoms with Crippen LogP contribution in [0.5, 0.6) is 0 Å². The van der Waals surface area contributed by atoms with Crippen LogP contribution in [0.3, 0.4) is 0 Å². The van der Waals surface area contributed by atoms with E-state index in [1.54, 1.807) is 13.0 Å². The van der Waals surface area contributed by atoms with E-state index in [9.17, 15) is 14.4 Å². The fraction of sp³-hybridized carbons (Fsp3) is 0.565. The van der Waals surface area contributed by atoms with Gasteiger partial charge in [-0.2, -0.15) is 0 Å². The molecule has 184 valence electrons. The molecule has 4 rings (SSSR count). The summed E-state index contributed by atoms with van der Waals surface area (Å²) in [4.78, 5) is 42.7. The van der Waals surface area contributed by atoms with Gasteiger partial charge < -0.3 is 19.9 Å². The Balaban J connectivity index is 1.27. The molecule has 0 radical (unpaired) electrons. The van der Waals surface area contributed by atoms with Crippen LogP contribution < -0.4 is 10.6 Å². The van der Waals surface area contributed by atoms with E-state index in [1.807, 2.05) is 4.90 Å². The lowest BCUT2D eigenvalue weighted by Gasteiger charge is -2.33. The van der Waals surface area contributed by atoms with E-state index in [2.05, 4.69) is 27.6 Å². The van der Waals surface area contributed by atoms with E-state index >= 15 is 0 Å². The normalized spacial score (nSPS) is 18.9. The highest BCUT2D eigenvalue weighted by molar-refractivity contribution is 7.17. The molecule has 0 saturated carbocycles. The van der Waals surface area contributed by atoms with Gasteiger partial charge in [-0.15, -0.1) is 11.3 Å². The third kappa shape index (κ3) is 5.83. The SMILES string of the molecule is COC(=O)c1c(NC(=O)CN2CCN(CC(=O)Nc3cc(C)on3)CC2)sc2c1CC[C@H](C)C2. The van der Waals surface area contributed by atoms with Crippen molar-refractivity contribution in [3.8, 4) is 0 Å². The molecule has 1 aliphatic heterocycles. The van der Waals surface area contributed by atoms with Crippen molar-refractivity contribution >= 4 is 39.9 Å². The number of hydrogen-bond donors (Lipinski definition) is 2. The molecule has 1 fully saturated rings. The summed E-state index contributed by atoms with van der Waals surface area (Å²) >= 11 is 1.49. The third-order valence-electron chi connectivity index (χ3n) is 6.25. The summed E-state index contributed by atoms with van der Waals surface area (Å²) in [5.74, 6) is 0.927. The molecule has 2 amide bonds. The summed E-state index contributed by atoms with van der Waals surface area (Å²) < 4.78 is 9.96. The molecule has 2 aromatic rings. The highest BCUT2D eigenvalue weighted by Gasteiger charge is 2.29. The average Bonchev–Trinajstić information content (AvgIpc) is 3.36. The summed E-state index contributed by atoms with van der Waals surface area (Å²) in [6.45, 7) is 7.16. The second-order valence-corrected chi connectivity index (χ2v) is 10.1. The van der Waals surface area contributed by atoms with E-state index in [1.165, 1.54) is 23.3 Å². The van der Waals surface area contributed by atoms with Gasteiger partial charge in [0.2, 0.25) is 11.8 Å². The number of carbonyl (C=O) groups is 3. The molecular weight excluding hydrogens is 458 g/mol. The highest BCUT2D eigenvalue weighted by Crippen LogP contribution is 2.40. The van der Waals surface area contributed by atoms with Crippen molar-refractivity contribution in [3.05, 3.63) is 27.8 Å². The van der Waals surface area contributed by atoms with Gasteiger partial charge in [0, 0.05) is 37.1 Å². The quantitative estimate of drug-likeness (QED) is 0.568. The van der Waals surface area contributed by atoms with Crippen molar-refractivity contribution in [2.75, 3.05) is 57.0 Å². The zero-order valence-corrected chi connectivity index (χ0v) is 20.6. The van der Waals surface area contributed by atoms with Gasteiger partial charge >= 0.3 is 5.97 Å². The molecule has 10 nitrogen and oxygen atoms in total. The molecule has 0 bridgehead atoms. The molecular formula is C23H31N5O5S. The lowest BCUT2D eigenvalue weighted by atomic mass is 9.88. The van der Waals surface area contributed by atoms with E-state index in [4.69, 9.17) is 9.26 Å². The van der Waals surface area contributed by atoms with E-state index in [0.717, 1.165) is 24.8 Å². The summed E-state index contributed by atoms with van der Waals surface area (Å²) in [6, 6.07) is 1.67. The summed E-state index contributed by atoms with van der Waals surface area (Å²) in [5, 5.41) is 10.0. The smallest absolute Gasteiger partial charge is 0.341 e. The average molecular weight is 490 g/mol. The Labute approximate surface area is 202 Å². The fourth-order valence-corrected chi connectivity index (χ4v) is 5.86. The molecule has 2 aliphatic rings. The van der Waals surface area contributed by atoms with Crippen molar-refractivity contribution in [2.24, 2.45) is 5.92 Å². The number of anilines is 2. The lowest BCUT2D eigenvalue weighted by Crippen LogP contribution is -2.50. The first kappa shape index (κ1) is 24.4. The van der Waals surface area contributed by atoms with Gasteiger partial charge in [0.05, 0.1) is 25.8 Å². The van der Waals surface area contributed by atoms with E-state index in [0.29, 0.717) is 54.2 Å². The van der Waals surface area contributed by atoms with Crippen LogP contribution in [-0.4, -0.2) is 79.1 Å². The Morgan fingerprint density at radius 2 is 1.79 bits per heavy atom. The molecule has 11 heteroatoms. The number of hydrogen-bond acceptors (Lipinski definition) is 9. The van der Waals surface area contributed by atoms with Crippen LogP contribution in [0.15, 0.2) is 10.6 Å². The van der Waals surface area contributed by atoms with Crippen LogP contribution in [0, 0.1) is 12.8 Å². The standard InChI is InChI=1S/C23H31N5O5S/c1-14-4-5-16-17(10-14)34-22(21(16)23(31)32-3)25-20(30)13-28-8-6-27(7-9-28)12-19(29)24-18-11-15(2)33-26-18/h11,14H,4-10,12-13H2,1-3H3,(H,25,30)(H,24,26,29)/t14-/m0/s1. The van der Waals surface area contributed by atoms with Gasteiger partial charge in [-0.25, -0.2) is 4.79 Å². The van der Waals surface area contributed by atoms with Crippen molar-refractivity contribution < 1.29 is 23.6 Å². The van der Waals surface area contributed by atoms with Gasteiger partial charge in [-0.05, 0) is 37.7 Å². The number of nitrogens with zero attached hydrogens (tertiary/aromatic N) is 3. The zero-order chi connectivity index (χ0) is 24.2. The molecule has 0 aromatic carbocycles. The molecule has 0 unspecified atom stereocenters. The minimum Gasteiger partial charge on any atom is -0.465 e. The van der Waals surface area contributed by atoms with Gasteiger partial charge in [-0.3, -0.25) is 19.4 Å². The second kappa shape index (κ2) is 10.7. The van der Waals surface area contributed by atoms with Gasteiger partial charge in [-0.1, -0.05) is 12.1 Å². The van der Waals surface area contributed by atoms with Crippen molar-refractivity contribution in [2.45, 2.75) is 33.1 Å². The minimum atomic E-state index is -0.393. The van der Waals surface area contributed by atoms with E-state index in [-0.39, 0.29) is 24.9 Å². The van der Waals surface area contributed by atoms with Crippen LogP contribution in [0.1, 0.15) is 39.9 Å². The number of aromatic nitrogens is 1. The molecule has 34 heavy (non-hydrogen) atoms. The van der Waals surface area contributed by atoms with Crippen LogP contribution in [0.25, 0.3) is 0 Å². The van der Waals surface area contributed by atoms with Crippen LogP contribution in [0.2, 0.25) is 0 Å². The first-order valence-corrected chi connectivity index (χ1v) is 12.3. The summed E-state index contributed by atoms with van der Waals surface area (Å²) in [5.41, 5.74) is 1.54. The number of thiophene rings is 1. The largest absolute Gasteiger partial charge is 0.465 e. The number of fused-ring (bicyclic) bond motifs is 1. The number of methoxy groups -OCH3 is 1. The first-order chi connectivity index (χ1) is 16.3. The number of amides is 2. The van der Waals surface area contributed by atoms with Crippen LogP contribution in [-0.2, 0) is 27.2 Å². The summed E-state index contributed by atoms with van der Waals surface area (Å²) in [6.07, 6.45) is 2.78. The topological polar surface area (TPSA) is 117 Å². The Morgan fingerprint density at radius 3 is 2.38 bits per heavy atom. The number of rotatable bonds is 7. The third-order valence-corrected chi connectivity index (χ3v) is 7.42. The van der Waals surface area contributed by atoms with E-state index < -0.39 is 5.97 Å². The Kier molecular flexibility index (Phi) is 7.64. The number of piperazine rings is 1. The molecule has 3 heterocycles. The molecule has 1 atom stereocenters. The van der Waals surface area contributed by atoms with Gasteiger partial charge in [0.1, 0.15) is 10.8 Å². The zero-order valence-electron chi connectivity index (χ0n) is 19.8. The van der Waals surface area contributed by atoms with Gasteiger partial charge in [0.15, 0.2) is 5.82 Å². The minimum absolute atomic E-state index is 0.147. The highest BCUT2D eigenvalue weighted by atomic mass is 32.1. The number of ether oxygens (including phenoxy) is 1. The fourth-order valence-electron chi connectivity index (χ4n) is 4.44. The Morgan fingerprint density at radius 1 is 1.15 bits per heavy atom. The first-order valence-electron chi connectivity index (χ1n) is 11.5. The monoisotopic (exact) mass is 489 g/mol. The van der Waals surface area contributed by atoms with Crippen molar-refractivity contribution in [1.29, 1.82) is 0 Å². The maximum absolute atomic E-state index is 12.8. The summed E-state index contributed by atoms with van der Waals surface area (Å²) in [7, 11) is 1.37. The Bertz CT molecular complexity index is 1060. The number of carbonyl (C=O) groups excluding carboxylic acids is 3. The van der Waals surface area contributed by atoms with Crippen LogP contribution >= 0.6 is 11.3 Å². The number of esters is 1. The molecule has 0 spiro atoms. The maximum Gasteiger partial charge on any atom is 0.341 e. The lowest BCUT2D eigenvalue weighted by molar-refractivity contribution is -0.120. The van der Waals surface area contributed by atoms with Gasteiger partial charge in [0.25, 0.3) is 0 Å². The van der Waals surface area contributed by atoms with Crippen molar-refractivity contribution in [3.63, 3.8) is 0 Å². The van der Waals surface area contributed by atoms with Crippen LogP contribution in [0.4, 0.5) is 10.8 Å². The molecule has 2 N–H and O–H groups in total. The second-order valence-electron chi connectivity index (χ2n) is 9.02. The number of nitrogens with one attached hydrogen (secondary N) is 2.